The topological polar surface area (TPSA) is 54.0 Å². The number of aromatic nitrogens is 1. The van der Waals surface area contributed by atoms with Crippen LogP contribution in [0.15, 0.2) is 18.3 Å². The molecule has 1 aliphatic heterocycles. The van der Waals surface area contributed by atoms with Gasteiger partial charge in [0.25, 0.3) is 0 Å². The molecule has 1 aliphatic rings. The molecule has 0 bridgehead atoms. The van der Waals surface area contributed by atoms with Crippen molar-refractivity contribution in [2.24, 2.45) is 0 Å². The molecule has 0 spiro atoms. The van der Waals surface area contributed by atoms with E-state index in [1.165, 1.54) is 0 Å². The van der Waals surface area contributed by atoms with Crippen molar-refractivity contribution >= 4 is 23.4 Å². The lowest BCUT2D eigenvalue weighted by Gasteiger charge is -2.11. The molecule has 1 aromatic heterocycles. The van der Waals surface area contributed by atoms with Crippen LogP contribution in [0.2, 0.25) is 0 Å². The summed E-state index contributed by atoms with van der Waals surface area (Å²) in [4.78, 5) is 15.9. The molecular weight excluding hydrogens is 210 g/mol. The quantitative estimate of drug-likeness (QED) is 0.785. The number of nitrogens with one attached hydrogen (secondary N) is 2. The number of carbonyl (C=O) groups is 1. The molecule has 1 fully saturated rings. The predicted molar refractivity (Wildman–Crippen MR) is 61.9 cm³/mol. The monoisotopic (exact) mass is 223 g/mol. The molecule has 0 radical (unpaired) electrons. The smallest absolute Gasteiger partial charge is 0.242 e. The molecule has 1 atom stereocenters. The minimum Gasteiger partial charge on any atom is -0.323 e. The third-order valence-corrected chi connectivity index (χ3v) is 3.24. The third kappa shape index (κ3) is 2.49. The number of amides is 1. The van der Waals surface area contributed by atoms with Gasteiger partial charge in [0.05, 0.1) is 17.4 Å². The highest BCUT2D eigenvalue weighted by Crippen LogP contribution is 2.14. The average Bonchev–Trinajstić information content (AvgIpc) is 2.74. The molecule has 0 saturated carbocycles. The first kappa shape index (κ1) is 10.4. The largest absolute Gasteiger partial charge is 0.323 e. The van der Waals surface area contributed by atoms with Crippen LogP contribution in [-0.4, -0.2) is 28.6 Å². The van der Waals surface area contributed by atoms with E-state index < -0.39 is 0 Å². The van der Waals surface area contributed by atoms with Gasteiger partial charge in [-0.25, -0.2) is 0 Å². The number of pyridine rings is 1. The van der Waals surface area contributed by atoms with Crippen molar-refractivity contribution < 1.29 is 4.79 Å². The summed E-state index contributed by atoms with van der Waals surface area (Å²) in [6.07, 6.45) is 1.72. The SMILES string of the molecule is Cc1ncccc1NC(=O)C1CSCN1. The van der Waals surface area contributed by atoms with Crippen LogP contribution < -0.4 is 10.6 Å². The molecule has 5 heteroatoms. The van der Waals surface area contributed by atoms with Crippen molar-refractivity contribution in [3.8, 4) is 0 Å². The Morgan fingerprint density at radius 2 is 2.60 bits per heavy atom. The molecule has 0 aliphatic carbocycles. The number of thioether (sulfide) groups is 1. The van der Waals surface area contributed by atoms with E-state index >= 15 is 0 Å². The van der Waals surface area contributed by atoms with Crippen LogP contribution in [0, 0.1) is 6.92 Å². The Morgan fingerprint density at radius 1 is 1.73 bits per heavy atom. The molecule has 1 aromatic rings. The highest BCUT2D eigenvalue weighted by Gasteiger charge is 2.22. The van der Waals surface area contributed by atoms with E-state index in [9.17, 15) is 4.79 Å². The zero-order valence-corrected chi connectivity index (χ0v) is 9.30. The third-order valence-electron chi connectivity index (χ3n) is 2.30. The number of nitrogens with zero attached hydrogens (tertiary/aromatic N) is 1. The molecule has 80 valence electrons. The van der Waals surface area contributed by atoms with Gasteiger partial charge in [0.2, 0.25) is 5.91 Å². The molecule has 4 nitrogen and oxygen atoms in total. The highest BCUT2D eigenvalue weighted by molar-refractivity contribution is 7.99. The van der Waals surface area contributed by atoms with Gasteiger partial charge in [0.1, 0.15) is 0 Å². The van der Waals surface area contributed by atoms with E-state index in [-0.39, 0.29) is 11.9 Å². The first-order chi connectivity index (χ1) is 7.27. The summed E-state index contributed by atoms with van der Waals surface area (Å²) in [5.74, 6) is 1.71. The van der Waals surface area contributed by atoms with E-state index in [0.29, 0.717) is 0 Å². The number of anilines is 1. The van der Waals surface area contributed by atoms with Crippen LogP contribution in [0.25, 0.3) is 0 Å². The van der Waals surface area contributed by atoms with Gasteiger partial charge in [-0.2, -0.15) is 0 Å². The standard InChI is InChI=1S/C10H13N3OS/c1-7-8(3-2-4-11-7)13-10(14)9-5-15-6-12-9/h2-4,9,12H,5-6H2,1H3,(H,13,14). The molecule has 15 heavy (non-hydrogen) atoms. The van der Waals surface area contributed by atoms with Crippen LogP contribution in [0.3, 0.4) is 0 Å². The van der Waals surface area contributed by atoms with E-state index in [2.05, 4.69) is 15.6 Å². The summed E-state index contributed by atoms with van der Waals surface area (Å²) in [7, 11) is 0. The Balaban J connectivity index is 2.02. The number of rotatable bonds is 2. The van der Waals surface area contributed by atoms with Crippen molar-refractivity contribution in [1.29, 1.82) is 0 Å². The fourth-order valence-electron chi connectivity index (χ4n) is 1.40. The maximum atomic E-state index is 11.8. The van der Waals surface area contributed by atoms with E-state index in [1.807, 2.05) is 19.1 Å². The zero-order valence-electron chi connectivity index (χ0n) is 8.49. The van der Waals surface area contributed by atoms with Gasteiger partial charge in [-0.3, -0.25) is 15.1 Å². The van der Waals surface area contributed by atoms with Crippen molar-refractivity contribution in [3.05, 3.63) is 24.0 Å². The van der Waals surface area contributed by atoms with Gasteiger partial charge < -0.3 is 5.32 Å². The molecule has 0 aromatic carbocycles. The van der Waals surface area contributed by atoms with Crippen LogP contribution in [0.4, 0.5) is 5.69 Å². The molecule has 1 amide bonds. The number of hydrogen-bond donors (Lipinski definition) is 2. The summed E-state index contributed by atoms with van der Waals surface area (Å²) in [6, 6.07) is 3.61. The number of carbonyl (C=O) groups excluding carboxylic acids is 1. The Labute approximate surface area is 92.9 Å². The molecule has 2 N–H and O–H groups in total. The van der Waals surface area contributed by atoms with Crippen molar-refractivity contribution in [1.82, 2.24) is 10.3 Å². The van der Waals surface area contributed by atoms with Crippen molar-refractivity contribution in [3.63, 3.8) is 0 Å². The number of aryl methyl sites for hydroxylation is 1. The normalized spacial score (nSPS) is 20.2. The second kappa shape index (κ2) is 4.63. The molecular formula is C10H13N3OS. The van der Waals surface area contributed by atoms with Crippen LogP contribution in [0.1, 0.15) is 5.69 Å². The first-order valence-electron chi connectivity index (χ1n) is 4.81. The van der Waals surface area contributed by atoms with E-state index in [1.54, 1.807) is 18.0 Å². The minimum absolute atomic E-state index is 0.0242. The Morgan fingerprint density at radius 3 is 3.27 bits per heavy atom. The average molecular weight is 223 g/mol. The van der Waals surface area contributed by atoms with E-state index in [0.717, 1.165) is 23.0 Å². The van der Waals surface area contributed by atoms with Crippen LogP contribution in [0.5, 0.6) is 0 Å². The summed E-state index contributed by atoms with van der Waals surface area (Å²) in [5, 5.41) is 6.00. The highest BCUT2D eigenvalue weighted by atomic mass is 32.2. The van der Waals surface area contributed by atoms with Crippen molar-refractivity contribution in [2.45, 2.75) is 13.0 Å². The molecule has 1 saturated heterocycles. The van der Waals surface area contributed by atoms with Gasteiger partial charge in [0, 0.05) is 17.8 Å². The van der Waals surface area contributed by atoms with E-state index in [4.69, 9.17) is 0 Å². The Kier molecular flexibility index (Phi) is 3.23. The van der Waals surface area contributed by atoms with Gasteiger partial charge >= 0.3 is 0 Å². The second-order valence-electron chi connectivity index (χ2n) is 3.40. The van der Waals surface area contributed by atoms with Crippen LogP contribution >= 0.6 is 11.8 Å². The zero-order chi connectivity index (χ0) is 10.7. The summed E-state index contributed by atoms with van der Waals surface area (Å²) in [5.41, 5.74) is 1.64. The maximum absolute atomic E-state index is 11.8. The summed E-state index contributed by atoms with van der Waals surface area (Å²) >= 11 is 1.74. The predicted octanol–water partition coefficient (Wildman–Crippen LogP) is 0.991. The summed E-state index contributed by atoms with van der Waals surface area (Å²) < 4.78 is 0. The van der Waals surface area contributed by atoms with Crippen LogP contribution in [-0.2, 0) is 4.79 Å². The van der Waals surface area contributed by atoms with Gasteiger partial charge in [-0.15, -0.1) is 11.8 Å². The Hall–Kier alpha value is -1.07. The lowest BCUT2D eigenvalue weighted by atomic mass is 10.2. The lowest BCUT2D eigenvalue weighted by Crippen LogP contribution is -2.37. The second-order valence-corrected chi connectivity index (χ2v) is 4.43. The molecule has 2 rings (SSSR count). The van der Waals surface area contributed by atoms with Crippen molar-refractivity contribution in [2.75, 3.05) is 16.9 Å². The van der Waals surface area contributed by atoms with Gasteiger partial charge in [-0.1, -0.05) is 0 Å². The lowest BCUT2D eigenvalue weighted by molar-refractivity contribution is -0.117. The maximum Gasteiger partial charge on any atom is 0.242 e. The summed E-state index contributed by atoms with van der Waals surface area (Å²) in [6.45, 7) is 1.88. The fraction of sp³-hybridized carbons (Fsp3) is 0.400. The van der Waals surface area contributed by atoms with Gasteiger partial charge in [-0.05, 0) is 19.1 Å². The molecule has 2 heterocycles. The van der Waals surface area contributed by atoms with Gasteiger partial charge in [0.15, 0.2) is 0 Å². The minimum atomic E-state index is -0.0744. The fourth-order valence-corrected chi connectivity index (χ4v) is 2.34. The Bertz CT molecular complexity index is 363. The molecule has 1 unspecified atom stereocenters. The number of hydrogen-bond acceptors (Lipinski definition) is 4. The first-order valence-corrected chi connectivity index (χ1v) is 5.96.